The predicted molar refractivity (Wildman–Crippen MR) is 110 cm³/mol. The number of carbonyl (C=O) groups excluding carboxylic acids is 1. The van der Waals surface area contributed by atoms with Gasteiger partial charge in [0.05, 0.1) is 12.5 Å². The zero-order chi connectivity index (χ0) is 20.1. The molecule has 0 radical (unpaired) electrons. The molecule has 0 bridgehead atoms. The van der Waals surface area contributed by atoms with Gasteiger partial charge >= 0.3 is 0 Å². The molecule has 0 unspecified atom stereocenters. The van der Waals surface area contributed by atoms with E-state index in [0.29, 0.717) is 13.0 Å². The molecule has 28 heavy (non-hydrogen) atoms. The molecule has 0 aliphatic carbocycles. The number of aryl methyl sites for hydroxylation is 3. The number of hydrogen-bond donors (Lipinski definition) is 1. The maximum absolute atomic E-state index is 12.7. The molecule has 3 aromatic rings. The molecule has 0 fully saturated rings. The summed E-state index contributed by atoms with van der Waals surface area (Å²) in [4.78, 5) is 12.7. The molecule has 1 aromatic heterocycles. The Hall–Kier alpha value is -3.83. The minimum absolute atomic E-state index is 0.0332. The molecule has 138 valence electrons. The Kier molecular flexibility index (Phi) is 5.58. The number of rotatable bonds is 5. The first-order chi connectivity index (χ1) is 13.5. The highest BCUT2D eigenvalue weighted by Crippen LogP contribution is 2.25. The van der Waals surface area contributed by atoms with E-state index < -0.39 is 5.91 Å². The maximum atomic E-state index is 12.7. The van der Waals surface area contributed by atoms with Crippen molar-refractivity contribution in [3.05, 3.63) is 70.9 Å². The summed E-state index contributed by atoms with van der Waals surface area (Å²) in [5.74, 6) is -0.436. The van der Waals surface area contributed by atoms with Gasteiger partial charge in [-0.25, -0.2) is 0 Å². The van der Waals surface area contributed by atoms with Crippen LogP contribution in [0.4, 0.5) is 5.69 Å². The number of fused-ring (bicyclic) bond motifs is 1. The molecule has 0 aliphatic rings. The fourth-order valence-corrected chi connectivity index (χ4v) is 3.24. The van der Waals surface area contributed by atoms with Gasteiger partial charge in [-0.15, -0.1) is 0 Å². The number of nitrogens with zero attached hydrogens (tertiary/aromatic N) is 3. The molecule has 1 heterocycles. The Morgan fingerprint density at radius 2 is 1.82 bits per heavy atom. The van der Waals surface area contributed by atoms with Crippen LogP contribution in [0.1, 0.15) is 23.1 Å². The number of amides is 1. The second kappa shape index (κ2) is 8.24. The van der Waals surface area contributed by atoms with Gasteiger partial charge in [-0.05, 0) is 37.1 Å². The summed E-state index contributed by atoms with van der Waals surface area (Å²) in [5, 5.41) is 22.2. The van der Waals surface area contributed by atoms with E-state index in [1.54, 1.807) is 6.08 Å². The average molecular weight is 368 g/mol. The first-order valence-corrected chi connectivity index (χ1v) is 8.99. The molecule has 1 N–H and O–H groups in total. The van der Waals surface area contributed by atoms with Crippen molar-refractivity contribution in [2.45, 2.75) is 26.8 Å². The van der Waals surface area contributed by atoms with Crippen LogP contribution in [0.3, 0.4) is 0 Å². The third-order valence-electron chi connectivity index (χ3n) is 4.67. The van der Waals surface area contributed by atoms with Crippen molar-refractivity contribution in [2.24, 2.45) is 0 Å². The lowest BCUT2D eigenvalue weighted by atomic mass is 10.1. The molecule has 0 atom stereocenters. The van der Waals surface area contributed by atoms with E-state index in [1.807, 2.05) is 73.1 Å². The van der Waals surface area contributed by atoms with Crippen LogP contribution in [-0.2, 0) is 11.3 Å². The van der Waals surface area contributed by atoms with Gasteiger partial charge in [-0.2, -0.15) is 10.5 Å². The summed E-state index contributed by atoms with van der Waals surface area (Å²) in [7, 11) is 0. The predicted octanol–water partition coefficient (Wildman–Crippen LogP) is 4.72. The van der Waals surface area contributed by atoms with Gasteiger partial charge in [0.15, 0.2) is 0 Å². The van der Waals surface area contributed by atoms with E-state index in [4.69, 9.17) is 5.26 Å². The highest BCUT2D eigenvalue weighted by atomic mass is 16.1. The Morgan fingerprint density at radius 1 is 1.11 bits per heavy atom. The van der Waals surface area contributed by atoms with E-state index in [2.05, 4.69) is 11.4 Å². The van der Waals surface area contributed by atoms with Crippen molar-refractivity contribution in [3.8, 4) is 12.1 Å². The average Bonchev–Trinajstić information content (AvgIpc) is 3.05. The van der Waals surface area contributed by atoms with Crippen molar-refractivity contribution < 1.29 is 4.79 Å². The van der Waals surface area contributed by atoms with Gasteiger partial charge in [0.25, 0.3) is 5.91 Å². The fraction of sp³-hybridized carbons (Fsp3) is 0.174. The largest absolute Gasteiger partial charge is 0.346 e. The second-order valence-corrected chi connectivity index (χ2v) is 6.59. The zero-order valence-corrected chi connectivity index (χ0v) is 15.9. The molecule has 0 saturated carbocycles. The van der Waals surface area contributed by atoms with Crippen LogP contribution in [0.15, 0.2) is 54.2 Å². The summed E-state index contributed by atoms with van der Waals surface area (Å²) in [5.41, 5.74) is 4.40. The fourth-order valence-electron chi connectivity index (χ4n) is 3.24. The van der Waals surface area contributed by atoms with Crippen LogP contribution in [0.5, 0.6) is 0 Å². The highest BCUT2D eigenvalue weighted by molar-refractivity contribution is 6.11. The summed E-state index contributed by atoms with van der Waals surface area (Å²) >= 11 is 0. The molecule has 1 amide bonds. The number of nitrogens with one attached hydrogen (secondary N) is 1. The molecule has 2 aromatic carbocycles. The lowest BCUT2D eigenvalue weighted by Crippen LogP contribution is -2.15. The van der Waals surface area contributed by atoms with Crippen molar-refractivity contribution in [2.75, 3.05) is 5.32 Å². The Morgan fingerprint density at radius 3 is 2.50 bits per heavy atom. The SMILES string of the molecule is Cc1cccc(C)c1NC(=O)/C(C#N)=C/c1cn(CCC#N)c2ccccc12. The zero-order valence-electron chi connectivity index (χ0n) is 15.9. The molecular weight excluding hydrogens is 348 g/mol. The number of anilines is 1. The third-order valence-corrected chi connectivity index (χ3v) is 4.67. The van der Waals surface area contributed by atoms with Crippen molar-refractivity contribution >= 4 is 28.6 Å². The Balaban J connectivity index is 1.98. The second-order valence-electron chi connectivity index (χ2n) is 6.59. The molecule has 5 heteroatoms. The number of hydrogen-bond acceptors (Lipinski definition) is 3. The normalized spacial score (nSPS) is 11.1. The van der Waals surface area contributed by atoms with Gasteiger partial charge in [-0.1, -0.05) is 36.4 Å². The van der Waals surface area contributed by atoms with Crippen LogP contribution >= 0.6 is 0 Å². The standard InChI is InChI=1S/C23H20N4O/c1-16-7-5-8-17(2)22(16)26-23(28)18(14-25)13-19-15-27(12-6-11-24)21-10-4-3-9-20(19)21/h3-5,7-10,13,15H,6,12H2,1-2H3,(H,26,28)/b18-13+. The first kappa shape index (κ1) is 18.9. The molecule has 0 aliphatic heterocycles. The first-order valence-electron chi connectivity index (χ1n) is 8.99. The van der Waals surface area contributed by atoms with Gasteiger partial charge in [0.1, 0.15) is 11.6 Å². The van der Waals surface area contributed by atoms with Gasteiger partial charge in [0.2, 0.25) is 0 Å². The van der Waals surface area contributed by atoms with E-state index >= 15 is 0 Å². The van der Waals surface area contributed by atoms with Crippen molar-refractivity contribution in [1.29, 1.82) is 10.5 Å². The molecule has 3 rings (SSSR count). The van der Waals surface area contributed by atoms with E-state index in [-0.39, 0.29) is 5.57 Å². The number of para-hydroxylation sites is 2. The quantitative estimate of drug-likeness (QED) is 0.523. The highest BCUT2D eigenvalue weighted by Gasteiger charge is 2.14. The van der Waals surface area contributed by atoms with Crippen LogP contribution in [-0.4, -0.2) is 10.5 Å². The van der Waals surface area contributed by atoms with Gasteiger partial charge in [-0.3, -0.25) is 4.79 Å². The molecule has 5 nitrogen and oxygen atoms in total. The van der Waals surface area contributed by atoms with Crippen LogP contribution in [0, 0.1) is 36.5 Å². The van der Waals surface area contributed by atoms with E-state index in [1.165, 1.54) is 0 Å². The molecule has 0 saturated heterocycles. The summed E-state index contributed by atoms with van der Waals surface area (Å²) in [6.07, 6.45) is 3.87. The summed E-state index contributed by atoms with van der Waals surface area (Å²) in [6.45, 7) is 4.39. The minimum atomic E-state index is -0.436. The monoisotopic (exact) mass is 368 g/mol. The Labute approximate surface area is 164 Å². The number of carbonyl (C=O) groups is 1. The van der Waals surface area contributed by atoms with Gasteiger partial charge < -0.3 is 9.88 Å². The smallest absolute Gasteiger partial charge is 0.266 e. The van der Waals surface area contributed by atoms with Crippen LogP contribution in [0.2, 0.25) is 0 Å². The number of aromatic nitrogens is 1. The van der Waals surface area contributed by atoms with E-state index in [0.717, 1.165) is 33.3 Å². The van der Waals surface area contributed by atoms with Crippen LogP contribution < -0.4 is 5.32 Å². The number of benzene rings is 2. The van der Waals surface area contributed by atoms with Crippen molar-refractivity contribution in [3.63, 3.8) is 0 Å². The summed E-state index contributed by atoms with van der Waals surface area (Å²) in [6, 6.07) is 17.7. The summed E-state index contributed by atoms with van der Waals surface area (Å²) < 4.78 is 1.97. The molecule has 0 spiro atoms. The third kappa shape index (κ3) is 3.79. The lowest BCUT2D eigenvalue weighted by molar-refractivity contribution is -0.112. The Bertz CT molecular complexity index is 1140. The van der Waals surface area contributed by atoms with E-state index in [9.17, 15) is 10.1 Å². The topological polar surface area (TPSA) is 81.6 Å². The minimum Gasteiger partial charge on any atom is -0.346 e. The lowest BCUT2D eigenvalue weighted by Gasteiger charge is -2.10. The maximum Gasteiger partial charge on any atom is 0.266 e. The van der Waals surface area contributed by atoms with Gasteiger partial charge in [0, 0.05) is 34.9 Å². The number of nitriles is 2. The van der Waals surface area contributed by atoms with Crippen molar-refractivity contribution in [1.82, 2.24) is 4.57 Å². The molecular formula is C23H20N4O. The van der Waals surface area contributed by atoms with Crippen LogP contribution in [0.25, 0.3) is 17.0 Å².